The maximum absolute atomic E-state index is 13.5. The van der Waals surface area contributed by atoms with Crippen LogP contribution in [0.1, 0.15) is 16.7 Å². The average Bonchev–Trinajstić information content (AvgIpc) is 3.36. The van der Waals surface area contributed by atoms with Gasteiger partial charge in [-0.05, 0) is 60.0 Å². The van der Waals surface area contributed by atoms with E-state index in [1.165, 1.54) is 24.3 Å². The minimum atomic E-state index is -0.489. The van der Waals surface area contributed by atoms with E-state index in [0.29, 0.717) is 33.3 Å². The second-order valence-corrected chi connectivity index (χ2v) is 8.09. The predicted octanol–water partition coefficient (Wildman–Crippen LogP) is 4.91. The topological polar surface area (TPSA) is 67.9 Å². The molecule has 8 heteroatoms. The first-order valence-corrected chi connectivity index (χ1v) is 10.6. The number of hydrogen-bond donors (Lipinski definition) is 1. The Kier molecular flexibility index (Phi) is 5.26. The highest BCUT2D eigenvalue weighted by atomic mass is 35.5. The van der Waals surface area contributed by atoms with Crippen LogP contribution < -0.4 is 14.8 Å². The largest absolute Gasteiger partial charge is 0.454 e. The summed E-state index contributed by atoms with van der Waals surface area (Å²) in [5.74, 6) is -0.232. The zero-order valence-corrected chi connectivity index (χ0v) is 18.3. The Labute approximate surface area is 194 Å². The van der Waals surface area contributed by atoms with Gasteiger partial charge in [-0.25, -0.2) is 4.39 Å². The highest BCUT2D eigenvalue weighted by Crippen LogP contribution is 2.36. The quantitative estimate of drug-likeness (QED) is 0.543. The number of fused-ring (bicyclic) bond motifs is 1. The Balaban J connectivity index is 1.53. The van der Waals surface area contributed by atoms with Crippen molar-refractivity contribution < 1.29 is 23.5 Å². The lowest BCUT2D eigenvalue weighted by Crippen LogP contribution is -2.32. The fourth-order valence-corrected chi connectivity index (χ4v) is 3.99. The first kappa shape index (κ1) is 21.0. The summed E-state index contributed by atoms with van der Waals surface area (Å²) >= 11 is 6.24. The molecule has 6 nitrogen and oxygen atoms in total. The van der Waals surface area contributed by atoms with E-state index in [4.69, 9.17) is 21.1 Å². The van der Waals surface area contributed by atoms with Gasteiger partial charge in [0.1, 0.15) is 11.5 Å². The molecule has 2 amide bonds. The first-order chi connectivity index (χ1) is 15.9. The van der Waals surface area contributed by atoms with Crippen molar-refractivity contribution in [2.24, 2.45) is 0 Å². The lowest BCUT2D eigenvalue weighted by Gasteiger charge is -2.16. The lowest BCUT2D eigenvalue weighted by atomic mass is 10.0. The van der Waals surface area contributed by atoms with Gasteiger partial charge in [0.15, 0.2) is 11.5 Å². The summed E-state index contributed by atoms with van der Waals surface area (Å²) in [6.07, 6.45) is 0. The van der Waals surface area contributed by atoms with Gasteiger partial charge in [-0.1, -0.05) is 35.9 Å². The van der Waals surface area contributed by atoms with Gasteiger partial charge < -0.3 is 14.8 Å². The molecule has 2 aliphatic heterocycles. The fraction of sp³-hybridized carbons (Fsp3) is 0.120. The van der Waals surface area contributed by atoms with Gasteiger partial charge in [0.25, 0.3) is 11.8 Å². The van der Waals surface area contributed by atoms with Crippen LogP contribution in [0.4, 0.5) is 10.1 Å². The van der Waals surface area contributed by atoms with Gasteiger partial charge in [-0.3, -0.25) is 14.5 Å². The normalized spacial score (nSPS) is 14.9. The van der Waals surface area contributed by atoms with Crippen molar-refractivity contribution in [2.75, 3.05) is 12.1 Å². The summed E-state index contributed by atoms with van der Waals surface area (Å²) in [5, 5.41) is 3.62. The van der Waals surface area contributed by atoms with E-state index in [-0.39, 0.29) is 24.6 Å². The number of halogens is 2. The van der Waals surface area contributed by atoms with Crippen molar-refractivity contribution in [3.63, 3.8) is 0 Å². The van der Waals surface area contributed by atoms with E-state index in [1.807, 2.05) is 6.92 Å². The highest BCUT2D eigenvalue weighted by molar-refractivity contribution is 6.36. The molecule has 0 bridgehead atoms. The number of imide groups is 1. The number of carbonyl (C=O) groups excluding carboxylic acids is 2. The third kappa shape index (κ3) is 3.81. The third-order valence-corrected chi connectivity index (χ3v) is 6.02. The zero-order valence-electron chi connectivity index (χ0n) is 17.5. The number of benzene rings is 3. The highest BCUT2D eigenvalue weighted by Gasteiger charge is 2.39. The second-order valence-electron chi connectivity index (χ2n) is 7.68. The molecule has 0 fully saturated rings. The number of amides is 2. The maximum Gasteiger partial charge on any atom is 0.278 e. The number of anilines is 1. The lowest BCUT2D eigenvalue weighted by molar-refractivity contribution is -0.137. The Morgan fingerprint density at radius 2 is 1.76 bits per heavy atom. The molecule has 33 heavy (non-hydrogen) atoms. The molecule has 5 rings (SSSR count). The van der Waals surface area contributed by atoms with E-state index in [0.717, 1.165) is 10.5 Å². The molecule has 0 unspecified atom stereocenters. The van der Waals surface area contributed by atoms with Crippen LogP contribution in [-0.4, -0.2) is 23.5 Å². The molecule has 0 saturated carbocycles. The molecular formula is C25H18ClFN2O4. The van der Waals surface area contributed by atoms with Crippen molar-refractivity contribution in [2.45, 2.75) is 13.5 Å². The molecule has 0 aliphatic carbocycles. The van der Waals surface area contributed by atoms with E-state index in [2.05, 4.69) is 5.32 Å². The SMILES string of the molecule is Cc1c(Cl)cccc1NC1=C(c2ccc(F)cc2)C(=O)N(Cc2ccc3c(c2)OCO3)C1=O. The molecule has 3 aromatic carbocycles. The zero-order chi connectivity index (χ0) is 23.1. The van der Waals surface area contributed by atoms with Crippen molar-refractivity contribution in [3.05, 3.63) is 93.9 Å². The van der Waals surface area contributed by atoms with Crippen molar-refractivity contribution in [1.29, 1.82) is 0 Å². The van der Waals surface area contributed by atoms with Crippen molar-refractivity contribution in [1.82, 2.24) is 4.90 Å². The minimum absolute atomic E-state index is 0.0404. The molecule has 0 saturated heterocycles. The minimum Gasteiger partial charge on any atom is -0.454 e. The molecule has 0 spiro atoms. The number of hydrogen-bond acceptors (Lipinski definition) is 5. The number of rotatable bonds is 5. The standard InChI is InChI=1S/C25H18ClFN2O4/c1-14-18(26)3-2-4-19(14)28-23-22(16-6-8-17(27)9-7-16)24(30)29(25(23)31)12-15-5-10-20-21(11-15)33-13-32-20/h2-11,28H,12-13H2,1H3. The van der Waals surface area contributed by atoms with Gasteiger partial charge in [0.05, 0.1) is 12.1 Å². The fourth-order valence-electron chi connectivity index (χ4n) is 3.82. The first-order valence-electron chi connectivity index (χ1n) is 10.2. The number of nitrogens with one attached hydrogen (secondary N) is 1. The van der Waals surface area contributed by atoms with E-state index < -0.39 is 17.6 Å². The van der Waals surface area contributed by atoms with Gasteiger partial charge in [-0.2, -0.15) is 0 Å². The smallest absolute Gasteiger partial charge is 0.278 e. The monoisotopic (exact) mass is 464 g/mol. The molecule has 0 atom stereocenters. The summed E-state index contributed by atoms with van der Waals surface area (Å²) in [4.78, 5) is 28.0. The predicted molar refractivity (Wildman–Crippen MR) is 121 cm³/mol. The van der Waals surface area contributed by atoms with E-state index >= 15 is 0 Å². The number of carbonyl (C=O) groups is 2. The van der Waals surface area contributed by atoms with Gasteiger partial charge >= 0.3 is 0 Å². The summed E-state index contributed by atoms with van der Waals surface area (Å²) in [7, 11) is 0. The average molecular weight is 465 g/mol. The van der Waals surface area contributed by atoms with Crippen LogP contribution >= 0.6 is 11.6 Å². The van der Waals surface area contributed by atoms with Crippen LogP contribution in [0, 0.1) is 12.7 Å². The van der Waals surface area contributed by atoms with Crippen LogP contribution in [0.15, 0.2) is 66.4 Å². The van der Waals surface area contributed by atoms with E-state index in [9.17, 15) is 14.0 Å². The summed E-state index contributed by atoms with van der Waals surface area (Å²) in [5.41, 5.74) is 2.75. The van der Waals surface area contributed by atoms with Crippen LogP contribution in [0.3, 0.4) is 0 Å². The Hall–Kier alpha value is -3.84. The van der Waals surface area contributed by atoms with Crippen molar-refractivity contribution in [3.8, 4) is 11.5 Å². The van der Waals surface area contributed by atoms with Gasteiger partial charge in [0.2, 0.25) is 6.79 Å². The van der Waals surface area contributed by atoms with Crippen LogP contribution in [0.5, 0.6) is 11.5 Å². The maximum atomic E-state index is 13.5. The molecule has 0 aromatic heterocycles. The molecule has 0 radical (unpaired) electrons. The van der Waals surface area contributed by atoms with Crippen LogP contribution in [-0.2, 0) is 16.1 Å². The van der Waals surface area contributed by atoms with Gasteiger partial charge in [0, 0.05) is 10.7 Å². The Morgan fingerprint density at radius 1 is 1.00 bits per heavy atom. The second kappa shape index (κ2) is 8.26. The van der Waals surface area contributed by atoms with Crippen molar-refractivity contribution >= 4 is 34.7 Å². The Morgan fingerprint density at radius 3 is 2.55 bits per heavy atom. The summed E-state index contributed by atoms with van der Waals surface area (Å²) in [6, 6.07) is 16.0. The van der Waals surface area contributed by atoms with E-state index in [1.54, 1.807) is 36.4 Å². The summed E-state index contributed by atoms with van der Waals surface area (Å²) in [6.45, 7) is 1.98. The number of ether oxygens (including phenoxy) is 2. The van der Waals surface area contributed by atoms with Crippen LogP contribution in [0.2, 0.25) is 5.02 Å². The molecule has 3 aromatic rings. The molecule has 1 N–H and O–H groups in total. The summed E-state index contributed by atoms with van der Waals surface area (Å²) < 4.78 is 24.3. The molecule has 166 valence electrons. The van der Waals surface area contributed by atoms with Gasteiger partial charge in [-0.15, -0.1) is 0 Å². The molecule has 2 aliphatic rings. The molecule has 2 heterocycles. The Bertz CT molecular complexity index is 1320. The number of nitrogens with zero attached hydrogens (tertiary/aromatic N) is 1. The van der Waals surface area contributed by atoms with Crippen LogP contribution in [0.25, 0.3) is 5.57 Å². The third-order valence-electron chi connectivity index (χ3n) is 5.61. The molecular weight excluding hydrogens is 447 g/mol.